The fourth-order valence-electron chi connectivity index (χ4n) is 2.80. The van der Waals surface area contributed by atoms with Crippen LogP contribution in [-0.2, 0) is 0 Å². The summed E-state index contributed by atoms with van der Waals surface area (Å²) < 4.78 is 20.7. The molecule has 146 valence electrons. The predicted octanol–water partition coefficient (Wildman–Crippen LogP) is 4.22. The van der Waals surface area contributed by atoms with Crippen molar-refractivity contribution in [2.45, 2.75) is 24.3 Å². The molecule has 0 N–H and O–H groups in total. The van der Waals surface area contributed by atoms with Crippen LogP contribution in [0.4, 0.5) is 4.39 Å². The van der Waals surface area contributed by atoms with Gasteiger partial charge in [0, 0.05) is 16.2 Å². The molecule has 0 spiro atoms. The Kier molecular flexibility index (Phi) is 6.25. The molecule has 0 aliphatic carbocycles. The first-order valence-corrected chi connectivity index (χ1v) is 9.55. The Hall–Kier alpha value is -2.94. The highest BCUT2D eigenvalue weighted by Crippen LogP contribution is 2.39. The van der Waals surface area contributed by atoms with E-state index in [-0.39, 0.29) is 17.3 Å². The minimum absolute atomic E-state index is 0.302. The lowest BCUT2D eigenvalue weighted by molar-refractivity contribution is -0.479. The number of thioether (sulfide) groups is 1. The molecule has 9 heteroatoms. The van der Waals surface area contributed by atoms with E-state index in [4.69, 9.17) is 4.74 Å². The third-order valence-corrected chi connectivity index (χ3v) is 5.17. The molecule has 0 aliphatic rings. The average molecular weight is 402 g/mol. The van der Waals surface area contributed by atoms with Crippen molar-refractivity contribution in [2.24, 2.45) is 0 Å². The lowest BCUT2D eigenvalue weighted by Crippen LogP contribution is -2.12. The summed E-state index contributed by atoms with van der Waals surface area (Å²) in [5, 5.41) is 19.5. The second kappa shape index (κ2) is 8.83. The number of benzene rings is 2. The number of halogens is 1. The van der Waals surface area contributed by atoms with E-state index >= 15 is 0 Å². The van der Waals surface area contributed by atoms with E-state index in [0.29, 0.717) is 29.0 Å². The Morgan fingerprint density at radius 1 is 1.21 bits per heavy atom. The van der Waals surface area contributed by atoms with Gasteiger partial charge >= 0.3 is 0 Å². The van der Waals surface area contributed by atoms with Crippen LogP contribution in [0.3, 0.4) is 0 Å². The summed E-state index contributed by atoms with van der Waals surface area (Å²) >= 11 is 1.23. The van der Waals surface area contributed by atoms with Crippen molar-refractivity contribution in [3.05, 3.63) is 75.9 Å². The molecule has 0 bridgehead atoms. The minimum atomic E-state index is -0.527. The fourth-order valence-corrected chi connectivity index (χ4v) is 4.01. The van der Waals surface area contributed by atoms with Crippen LogP contribution in [0.2, 0.25) is 0 Å². The maximum absolute atomic E-state index is 13.3. The molecule has 0 saturated heterocycles. The Morgan fingerprint density at radius 3 is 2.61 bits per heavy atom. The topological polar surface area (TPSA) is 83.1 Å². The number of hydrogen-bond acceptors (Lipinski definition) is 6. The van der Waals surface area contributed by atoms with E-state index in [9.17, 15) is 14.5 Å². The summed E-state index contributed by atoms with van der Waals surface area (Å²) in [5.74, 6) is 0.863. The van der Waals surface area contributed by atoms with Crippen LogP contribution in [0.1, 0.15) is 23.6 Å². The Labute approximate surface area is 165 Å². The lowest BCUT2D eigenvalue weighted by atomic mass is 10.1. The molecular weight excluding hydrogens is 383 g/mol. The summed E-state index contributed by atoms with van der Waals surface area (Å²) in [5.41, 5.74) is 1.40. The van der Waals surface area contributed by atoms with Gasteiger partial charge in [0.1, 0.15) is 22.6 Å². The number of ether oxygens (including phenoxy) is 1. The van der Waals surface area contributed by atoms with E-state index in [1.807, 2.05) is 25.1 Å². The van der Waals surface area contributed by atoms with Crippen molar-refractivity contribution < 1.29 is 14.1 Å². The zero-order chi connectivity index (χ0) is 20.1. The van der Waals surface area contributed by atoms with Gasteiger partial charge in [-0.2, -0.15) is 0 Å². The summed E-state index contributed by atoms with van der Waals surface area (Å²) in [6.07, 6.45) is 0. The molecule has 3 rings (SSSR count). The third-order valence-electron chi connectivity index (χ3n) is 4.01. The van der Waals surface area contributed by atoms with Crippen LogP contribution < -0.4 is 4.74 Å². The molecular formula is C19H19FN4O3S. The maximum atomic E-state index is 13.3. The largest absolute Gasteiger partial charge is 0.494 e. The van der Waals surface area contributed by atoms with Crippen molar-refractivity contribution in [3.63, 3.8) is 0 Å². The summed E-state index contributed by atoms with van der Waals surface area (Å²) in [7, 11) is 0. The molecule has 7 nitrogen and oxygen atoms in total. The smallest absolute Gasteiger partial charge is 0.220 e. The molecule has 2 aromatic carbocycles. The van der Waals surface area contributed by atoms with Crippen LogP contribution in [0.15, 0.2) is 53.7 Å². The molecule has 1 atom stereocenters. The molecule has 0 fully saturated rings. The zero-order valence-corrected chi connectivity index (χ0v) is 16.2. The SMILES string of the molecule is CCOc1ccccc1[C@H](C[N+](=O)[O-])Sc1nnc(C)n1-c1ccc(F)cc1. The number of nitro groups is 1. The van der Waals surface area contributed by atoms with Crippen molar-refractivity contribution in [1.29, 1.82) is 0 Å². The zero-order valence-electron chi connectivity index (χ0n) is 15.4. The Morgan fingerprint density at radius 2 is 1.93 bits per heavy atom. The molecule has 0 unspecified atom stereocenters. The van der Waals surface area contributed by atoms with E-state index in [0.717, 1.165) is 5.56 Å². The van der Waals surface area contributed by atoms with Crippen molar-refractivity contribution >= 4 is 11.8 Å². The molecule has 1 heterocycles. The molecule has 0 aliphatic heterocycles. The first-order valence-electron chi connectivity index (χ1n) is 8.67. The first kappa shape index (κ1) is 19.8. The molecule has 1 aromatic heterocycles. The number of aryl methyl sites for hydroxylation is 1. The van der Waals surface area contributed by atoms with Crippen LogP contribution in [0.25, 0.3) is 5.69 Å². The number of nitrogens with zero attached hydrogens (tertiary/aromatic N) is 4. The molecule has 28 heavy (non-hydrogen) atoms. The van der Waals surface area contributed by atoms with Gasteiger partial charge in [0.2, 0.25) is 6.54 Å². The standard InChI is InChI=1S/C19H19FN4O3S/c1-3-27-17-7-5-4-6-16(17)18(12-23(25)26)28-19-22-21-13(2)24(19)15-10-8-14(20)9-11-15/h4-11,18H,3,12H2,1-2H3/t18-/m0/s1. The number of rotatable bonds is 8. The van der Waals surface area contributed by atoms with E-state index < -0.39 is 5.25 Å². The second-order valence-corrected chi connectivity index (χ2v) is 7.10. The first-order chi connectivity index (χ1) is 13.5. The normalized spacial score (nSPS) is 12.0. The Balaban J connectivity index is 1.99. The number of para-hydroxylation sites is 1. The number of aromatic nitrogens is 3. The minimum Gasteiger partial charge on any atom is -0.494 e. The second-order valence-electron chi connectivity index (χ2n) is 5.93. The van der Waals surface area contributed by atoms with Gasteiger partial charge in [-0.05, 0) is 44.2 Å². The highest BCUT2D eigenvalue weighted by atomic mass is 32.2. The molecule has 0 saturated carbocycles. The summed E-state index contributed by atoms with van der Waals surface area (Å²) in [6.45, 7) is 3.79. The van der Waals surface area contributed by atoms with Gasteiger partial charge in [-0.25, -0.2) is 4.39 Å². The van der Waals surface area contributed by atoms with Crippen LogP contribution >= 0.6 is 11.8 Å². The monoisotopic (exact) mass is 402 g/mol. The highest BCUT2D eigenvalue weighted by molar-refractivity contribution is 7.99. The van der Waals surface area contributed by atoms with Gasteiger partial charge in [-0.1, -0.05) is 30.0 Å². The average Bonchev–Trinajstić information content (AvgIpc) is 3.03. The van der Waals surface area contributed by atoms with Crippen molar-refractivity contribution in [3.8, 4) is 11.4 Å². The van der Waals surface area contributed by atoms with Crippen molar-refractivity contribution in [1.82, 2.24) is 14.8 Å². The van der Waals surface area contributed by atoms with E-state index in [2.05, 4.69) is 10.2 Å². The van der Waals surface area contributed by atoms with E-state index in [1.165, 1.54) is 23.9 Å². The predicted molar refractivity (Wildman–Crippen MR) is 104 cm³/mol. The van der Waals surface area contributed by atoms with Gasteiger partial charge in [0.15, 0.2) is 5.16 Å². The van der Waals surface area contributed by atoms with Gasteiger partial charge in [-0.3, -0.25) is 14.7 Å². The summed E-state index contributed by atoms with van der Waals surface area (Å²) in [6, 6.07) is 13.2. The van der Waals surface area contributed by atoms with Crippen LogP contribution in [0, 0.1) is 22.9 Å². The van der Waals surface area contributed by atoms with Crippen molar-refractivity contribution in [2.75, 3.05) is 13.2 Å². The quantitative estimate of drug-likeness (QED) is 0.319. The number of hydrogen-bond donors (Lipinski definition) is 0. The van der Waals surface area contributed by atoms with Gasteiger partial charge < -0.3 is 4.74 Å². The van der Waals surface area contributed by atoms with Gasteiger partial charge in [-0.15, -0.1) is 10.2 Å². The van der Waals surface area contributed by atoms with Crippen LogP contribution in [-0.4, -0.2) is 32.8 Å². The van der Waals surface area contributed by atoms with Crippen LogP contribution in [0.5, 0.6) is 5.75 Å². The van der Waals surface area contributed by atoms with Gasteiger partial charge in [0.25, 0.3) is 0 Å². The Bertz CT molecular complexity index is 962. The maximum Gasteiger partial charge on any atom is 0.220 e. The highest BCUT2D eigenvalue weighted by Gasteiger charge is 2.26. The molecule has 0 radical (unpaired) electrons. The molecule has 3 aromatic rings. The summed E-state index contributed by atoms with van der Waals surface area (Å²) in [4.78, 5) is 11.0. The lowest BCUT2D eigenvalue weighted by Gasteiger charge is -2.17. The van der Waals surface area contributed by atoms with E-state index in [1.54, 1.807) is 29.7 Å². The van der Waals surface area contributed by atoms with Gasteiger partial charge in [0.05, 0.1) is 6.61 Å². The molecule has 0 amide bonds. The fraction of sp³-hybridized carbons (Fsp3) is 0.263. The third kappa shape index (κ3) is 4.48.